The van der Waals surface area contributed by atoms with Crippen LogP contribution in [0.25, 0.3) is 0 Å². The Bertz CT molecular complexity index is 1240. The van der Waals surface area contributed by atoms with Crippen LogP contribution in [0, 0.1) is 6.92 Å². The number of hydrogen-bond acceptors (Lipinski definition) is 5. The van der Waals surface area contributed by atoms with Crippen LogP contribution >= 0.6 is 0 Å². The Labute approximate surface area is 212 Å². The minimum Gasteiger partial charge on any atom is -0.497 e. The van der Waals surface area contributed by atoms with Gasteiger partial charge in [-0.3, -0.25) is 4.90 Å². The highest BCUT2D eigenvalue weighted by Gasteiger charge is 2.38. The first-order chi connectivity index (χ1) is 17.5. The van der Waals surface area contributed by atoms with Crippen molar-refractivity contribution in [1.82, 2.24) is 4.90 Å². The van der Waals surface area contributed by atoms with Gasteiger partial charge in [0.2, 0.25) is 0 Å². The molecule has 5 nitrogen and oxygen atoms in total. The molecule has 5 rings (SSSR count). The van der Waals surface area contributed by atoms with Crippen molar-refractivity contribution < 1.29 is 19.0 Å². The Balaban J connectivity index is 1.47. The van der Waals surface area contributed by atoms with Gasteiger partial charge in [-0.05, 0) is 78.4 Å². The maximum atomic E-state index is 12.2. The van der Waals surface area contributed by atoms with Crippen LogP contribution in [0.1, 0.15) is 46.6 Å². The molecule has 0 saturated heterocycles. The lowest BCUT2D eigenvalue weighted by Gasteiger charge is -2.28. The largest absolute Gasteiger partial charge is 0.497 e. The molecule has 0 radical (unpaired) electrons. The molecule has 0 atom stereocenters. The van der Waals surface area contributed by atoms with E-state index in [0.717, 1.165) is 23.8 Å². The van der Waals surface area contributed by atoms with Crippen LogP contribution in [-0.2, 0) is 18.7 Å². The molecule has 1 aliphatic rings. The van der Waals surface area contributed by atoms with E-state index >= 15 is 0 Å². The van der Waals surface area contributed by atoms with Gasteiger partial charge in [0.05, 0.1) is 20.8 Å². The lowest BCUT2D eigenvalue weighted by molar-refractivity contribution is 0.0948. The van der Waals surface area contributed by atoms with Gasteiger partial charge in [-0.1, -0.05) is 48.5 Å². The summed E-state index contributed by atoms with van der Waals surface area (Å²) >= 11 is 0. The number of aliphatic hydroxyl groups is 1. The molecule has 1 heterocycles. The molecule has 1 N–H and O–H groups in total. The monoisotopic (exact) mass is 483 g/mol. The highest BCUT2D eigenvalue weighted by atomic mass is 16.5. The van der Waals surface area contributed by atoms with Crippen molar-refractivity contribution in [3.05, 3.63) is 119 Å². The minimum absolute atomic E-state index is 0.486. The summed E-state index contributed by atoms with van der Waals surface area (Å²) in [6, 6.07) is 27.9. The van der Waals surface area contributed by atoms with E-state index in [-0.39, 0.29) is 0 Å². The standard InChI is InChI=1S/C31H33NO4/c1-22-6-4-5-7-23(22)20-32(26-12-13-26)21-29-18-19-30(36-29)31(33,24-8-14-27(34-2)15-9-24)25-10-16-28(35-3)17-11-25/h4-11,14-19,26,33H,12-13,20-21H2,1-3H3. The van der Waals surface area contributed by atoms with E-state index in [1.165, 1.54) is 24.0 Å². The van der Waals surface area contributed by atoms with E-state index in [2.05, 4.69) is 36.1 Å². The highest BCUT2D eigenvalue weighted by Crippen LogP contribution is 2.39. The molecule has 3 aromatic carbocycles. The molecule has 4 aromatic rings. The normalized spacial score (nSPS) is 13.7. The fourth-order valence-electron chi connectivity index (χ4n) is 4.73. The summed E-state index contributed by atoms with van der Waals surface area (Å²) in [6.45, 7) is 3.74. The van der Waals surface area contributed by atoms with Crippen molar-refractivity contribution in [2.45, 2.75) is 44.5 Å². The first-order valence-electron chi connectivity index (χ1n) is 12.4. The molecule has 0 unspecified atom stereocenters. The fraction of sp³-hybridized carbons (Fsp3) is 0.290. The summed E-state index contributed by atoms with van der Waals surface area (Å²) in [5.41, 5.74) is 2.58. The predicted molar refractivity (Wildman–Crippen MR) is 140 cm³/mol. The average molecular weight is 484 g/mol. The second-order valence-electron chi connectivity index (χ2n) is 9.50. The predicted octanol–water partition coefficient (Wildman–Crippen LogP) is 6.05. The SMILES string of the molecule is COc1ccc(C(O)(c2ccc(OC)cc2)c2ccc(CN(Cc3ccccc3C)C3CC3)o2)cc1. The second-order valence-corrected chi connectivity index (χ2v) is 9.50. The van der Waals surface area contributed by atoms with Gasteiger partial charge in [0.15, 0.2) is 5.60 Å². The number of ether oxygens (including phenoxy) is 2. The zero-order chi connectivity index (χ0) is 25.1. The number of methoxy groups -OCH3 is 2. The Morgan fingerprint density at radius 2 is 1.39 bits per heavy atom. The molecular weight excluding hydrogens is 450 g/mol. The Morgan fingerprint density at radius 1 is 0.806 bits per heavy atom. The highest BCUT2D eigenvalue weighted by molar-refractivity contribution is 5.46. The molecule has 36 heavy (non-hydrogen) atoms. The lowest BCUT2D eigenvalue weighted by atomic mass is 9.84. The van der Waals surface area contributed by atoms with Gasteiger partial charge in [0.25, 0.3) is 0 Å². The lowest BCUT2D eigenvalue weighted by Crippen LogP contribution is -2.28. The molecule has 0 aliphatic heterocycles. The first-order valence-corrected chi connectivity index (χ1v) is 12.4. The van der Waals surface area contributed by atoms with Crippen LogP contribution in [0.15, 0.2) is 89.3 Å². The van der Waals surface area contributed by atoms with E-state index in [0.29, 0.717) is 29.5 Å². The van der Waals surface area contributed by atoms with Crippen molar-refractivity contribution in [1.29, 1.82) is 0 Å². The molecule has 0 bridgehead atoms. The number of aryl methyl sites for hydroxylation is 1. The number of rotatable bonds is 10. The summed E-state index contributed by atoms with van der Waals surface area (Å²) in [7, 11) is 3.26. The molecule has 1 saturated carbocycles. The van der Waals surface area contributed by atoms with E-state index in [4.69, 9.17) is 13.9 Å². The fourth-order valence-corrected chi connectivity index (χ4v) is 4.73. The molecule has 1 aliphatic carbocycles. The van der Waals surface area contributed by atoms with Gasteiger partial charge >= 0.3 is 0 Å². The van der Waals surface area contributed by atoms with Gasteiger partial charge in [-0.25, -0.2) is 0 Å². The van der Waals surface area contributed by atoms with Gasteiger partial charge in [-0.15, -0.1) is 0 Å². The van der Waals surface area contributed by atoms with Crippen molar-refractivity contribution in [3.8, 4) is 11.5 Å². The first kappa shape index (κ1) is 24.2. The van der Waals surface area contributed by atoms with E-state index in [1.54, 1.807) is 14.2 Å². The molecule has 1 aromatic heterocycles. The van der Waals surface area contributed by atoms with Crippen LogP contribution in [0.2, 0.25) is 0 Å². The summed E-state index contributed by atoms with van der Waals surface area (Å²) < 4.78 is 17.1. The molecule has 186 valence electrons. The van der Waals surface area contributed by atoms with Gasteiger partial charge in [0.1, 0.15) is 23.0 Å². The summed E-state index contributed by atoms with van der Waals surface area (Å²) in [4.78, 5) is 2.48. The smallest absolute Gasteiger partial charge is 0.173 e. The van der Waals surface area contributed by atoms with Gasteiger partial charge in [-0.2, -0.15) is 0 Å². The molecule has 5 heteroatoms. The maximum Gasteiger partial charge on any atom is 0.173 e. The van der Waals surface area contributed by atoms with Crippen molar-refractivity contribution >= 4 is 0 Å². The zero-order valence-corrected chi connectivity index (χ0v) is 21.1. The van der Waals surface area contributed by atoms with Crippen LogP contribution in [0.4, 0.5) is 0 Å². The van der Waals surface area contributed by atoms with Crippen molar-refractivity contribution in [2.24, 2.45) is 0 Å². The van der Waals surface area contributed by atoms with Crippen molar-refractivity contribution in [3.63, 3.8) is 0 Å². The van der Waals surface area contributed by atoms with Crippen molar-refractivity contribution in [2.75, 3.05) is 14.2 Å². The van der Waals surface area contributed by atoms with Crippen LogP contribution < -0.4 is 9.47 Å². The van der Waals surface area contributed by atoms with Crippen LogP contribution in [0.5, 0.6) is 11.5 Å². The van der Waals surface area contributed by atoms with Gasteiger partial charge < -0.3 is 19.0 Å². The zero-order valence-electron chi connectivity index (χ0n) is 21.1. The van der Waals surface area contributed by atoms with Crippen LogP contribution in [0.3, 0.4) is 0 Å². The average Bonchev–Trinajstić information content (AvgIpc) is 3.67. The molecule has 1 fully saturated rings. The summed E-state index contributed by atoms with van der Waals surface area (Å²) in [5, 5.41) is 12.2. The minimum atomic E-state index is -1.46. The second kappa shape index (κ2) is 10.2. The third-order valence-electron chi connectivity index (χ3n) is 7.09. The molecular formula is C31H33NO4. The Kier molecular flexibility index (Phi) is 6.86. The van der Waals surface area contributed by atoms with Gasteiger partial charge in [0, 0.05) is 12.6 Å². The Morgan fingerprint density at radius 3 is 1.92 bits per heavy atom. The third-order valence-corrected chi connectivity index (χ3v) is 7.09. The number of hydrogen-bond donors (Lipinski definition) is 1. The summed E-state index contributed by atoms with van der Waals surface area (Å²) in [6.07, 6.45) is 2.42. The third kappa shape index (κ3) is 4.90. The van der Waals surface area contributed by atoms with E-state index < -0.39 is 5.60 Å². The maximum absolute atomic E-state index is 12.2. The number of nitrogens with zero attached hydrogens (tertiary/aromatic N) is 1. The van der Waals surface area contributed by atoms with E-state index in [1.807, 2.05) is 60.7 Å². The summed E-state index contributed by atoms with van der Waals surface area (Å²) in [5.74, 6) is 2.78. The topological polar surface area (TPSA) is 55.1 Å². The molecule has 0 spiro atoms. The number of furan rings is 1. The van der Waals surface area contributed by atoms with Crippen LogP contribution in [-0.4, -0.2) is 30.3 Å². The number of benzene rings is 3. The van der Waals surface area contributed by atoms with E-state index in [9.17, 15) is 5.11 Å². The molecule has 0 amide bonds. The Hall–Kier alpha value is -3.54. The quantitative estimate of drug-likeness (QED) is 0.297.